The number of nitrogens with one attached hydrogen (secondary N) is 1. The van der Waals surface area contributed by atoms with Crippen molar-refractivity contribution in [2.75, 3.05) is 27.2 Å². The predicted octanol–water partition coefficient (Wildman–Crippen LogP) is 1.96. The summed E-state index contributed by atoms with van der Waals surface area (Å²) in [6.07, 6.45) is 2.60. The molecule has 0 fully saturated rings. The quantitative estimate of drug-likeness (QED) is 0.654. The number of nitrogens with zero attached hydrogens (tertiary/aromatic N) is 1. The van der Waals surface area contributed by atoms with Crippen LogP contribution in [0.25, 0.3) is 0 Å². The lowest BCUT2D eigenvalue weighted by atomic mass is 10.0. The highest BCUT2D eigenvalue weighted by Gasteiger charge is 2.12. The molecule has 0 amide bonds. The van der Waals surface area contributed by atoms with Crippen LogP contribution >= 0.6 is 0 Å². The summed E-state index contributed by atoms with van der Waals surface area (Å²) in [5, 5.41) is 3.37. The monoisotopic (exact) mass is 186 g/mol. The molecule has 0 bridgehead atoms. The molecule has 0 radical (unpaired) electrons. The van der Waals surface area contributed by atoms with Crippen LogP contribution < -0.4 is 5.32 Å². The van der Waals surface area contributed by atoms with Crippen LogP contribution in [0, 0.1) is 5.92 Å². The van der Waals surface area contributed by atoms with E-state index in [2.05, 4.69) is 45.1 Å². The second-order valence-corrected chi connectivity index (χ2v) is 4.25. The molecule has 1 unspecified atom stereocenters. The highest BCUT2D eigenvalue weighted by molar-refractivity contribution is 4.71. The second-order valence-electron chi connectivity index (χ2n) is 4.25. The van der Waals surface area contributed by atoms with Gasteiger partial charge in [0.25, 0.3) is 0 Å². The van der Waals surface area contributed by atoms with E-state index in [1.807, 2.05) is 0 Å². The van der Waals surface area contributed by atoms with E-state index in [9.17, 15) is 0 Å². The summed E-state index contributed by atoms with van der Waals surface area (Å²) >= 11 is 0. The Morgan fingerprint density at radius 3 is 2.31 bits per heavy atom. The molecular formula is C11H26N2. The van der Waals surface area contributed by atoms with Crippen molar-refractivity contribution in [1.29, 1.82) is 0 Å². The van der Waals surface area contributed by atoms with Gasteiger partial charge in [-0.3, -0.25) is 0 Å². The van der Waals surface area contributed by atoms with Gasteiger partial charge in [0.05, 0.1) is 0 Å². The molecule has 0 heterocycles. The van der Waals surface area contributed by atoms with Gasteiger partial charge in [0, 0.05) is 12.6 Å². The zero-order valence-electron chi connectivity index (χ0n) is 9.93. The van der Waals surface area contributed by atoms with Gasteiger partial charge in [-0.1, -0.05) is 27.2 Å². The Balaban J connectivity index is 3.66. The smallest absolute Gasteiger partial charge is 0.0214 e. The largest absolute Gasteiger partial charge is 0.315 e. The van der Waals surface area contributed by atoms with Crippen molar-refractivity contribution in [1.82, 2.24) is 10.2 Å². The molecule has 0 rings (SSSR count). The van der Waals surface area contributed by atoms with Crippen molar-refractivity contribution in [2.45, 2.75) is 39.7 Å². The number of likely N-dealkylation sites (N-methyl/N-ethyl adjacent to an activating group) is 2. The highest BCUT2D eigenvalue weighted by Crippen LogP contribution is 2.03. The molecule has 0 aliphatic heterocycles. The van der Waals surface area contributed by atoms with Gasteiger partial charge in [-0.05, 0) is 33.0 Å². The van der Waals surface area contributed by atoms with E-state index in [4.69, 9.17) is 0 Å². The zero-order valence-corrected chi connectivity index (χ0v) is 9.93. The number of hydrogen-bond donors (Lipinski definition) is 1. The number of hydrogen-bond acceptors (Lipinski definition) is 2. The van der Waals surface area contributed by atoms with E-state index in [0.717, 1.165) is 6.54 Å². The summed E-state index contributed by atoms with van der Waals surface area (Å²) in [6.45, 7) is 9.17. The van der Waals surface area contributed by atoms with E-state index in [1.54, 1.807) is 0 Å². The molecule has 2 nitrogen and oxygen atoms in total. The molecule has 13 heavy (non-hydrogen) atoms. The summed E-state index contributed by atoms with van der Waals surface area (Å²) in [5.41, 5.74) is 0. The van der Waals surface area contributed by atoms with Crippen molar-refractivity contribution in [3.05, 3.63) is 0 Å². The third-order valence-corrected chi connectivity index (χ3v) is 2.58. The van der Waals surface area contributed by atoms with Crippen molar-refractivity contribution in [3.63, 3.8) is 0 Å². The molecule has 0 saturated heterocycles. The second kappa shape index (κ2) is 7.34. The van der Waals surface area contributed by atoms with E-state index in [0.29, 0.717) is 12.0 Å². The van der Waals surface area contributed by atoms with Crippen LogP contribution in [0.1, 0.15) is 33.6 Å². The molecule has 0 aromatic carbocycles. The molecule has 80 valence electrons. The van der Waals surface area contributed by atoms with E-state index < -0.39 is 0 Å². The topological polar surface area (TPSA) is 15.3 Å². The maximum absolute atomic E-state index is 3.37. The van der Waals surface area contributed by atoms with Crippen LogP contribution in [0.4, 0.5) is 0 Å². The zero-order chi connectivity index (χ0) is 10.3. The van der Waals surface area contributed by atoms with Gasteiger partial charge >= 0.3 is 0 Å². The van der Waals surface area contributed by atoms with Gasteiger partial charge < -0.3 is 10.2 Å². The summed E-state index contributed by atoms with van der Waals surface area (Å²) in [7, 11) is 4.26. The van der Waals surface area contributed by atoms with Gasteiger partial charge in [-0.2, -0.15) is 0 Å². The molecule has 0 spiro atoms. The predicted molar refractivity (Wildman–Crippen MR) is 60.1 cm³/mol. The first-order valence-corrected chi connectivity index (χ1v) is 5.47. The molecule has 0 saturated carbocycles. The minimum Gasteiger partial charge on any atom is -0.315 e. The standard InChI is InChI=1S/C11H26N2/c1-6-7-8-13(5)9-11(12-4)10(2)3/h10-12H,6-9H2,1-5H3. The highest BCUT2D eigenvalue weighted by atomic mass is 15.1. The van der Waals surface area contributed by atoms with Crippen LogP contribution in [-0.4, -0.2) is 38.1 Å². The average molecular weight is 186 g/mol. The van der Waals surface area contributed by atoms with Crippen LogP contribution in [-0.2, 0) is 0 Å². The summed E-state index contributed by atoms with van der Waals surface area (Å²) in [4.78, 5) is 2.42. The van der Waals surface area contributed by atoms with Crippen molar-refractivity contribution in [3.8, 4) is 0 Å². The Labute approximate surface area is 83.7 Å². The Kier molecular flexibility index (Phi) is 7.29. The Bertz CT molecular complexity index is 113. The van der Waals surface area contributed by atoms with Crippen molar-refractivity contribution in [2.24, 2.45) is 5.92 Å². The number of rotatable bonds is 7. The maximum atomic E-state index is 3.37. The van der Waals surface area contributed by atoms with E-state index in [-0.39, 0.29) is 0 Å². The van der Waals surface area contributed by atoms with Crippen LogP contribution in [0.5, 0.6) is 0 Å². The molecule has 2 heteroatoms. The normalized spacial score (nSPS) is 14.1. The summed E-state index contributed by atoms with van der Waals surface area (Å²) in [5.74, 6) is 0.717. The average Bonchev–Trinajstić information content (AvgIpc) is 2.10. The van der Waals surface area contributed by atoms with Crippen molar-refractivity contribution >= 4 is 0 Å². The summed E-state index contributed by atoms with van der Waals surface area (Å²) < 4.78 is 0. The molecule has 0 aromatic heterocycles. The van der Waals surface area contributed by atoms with Crippen LogP contribution in [0.15, 0.2) is 0 Å². The first-order chi connectivity index (χ1) is 6.11. The lowest BCUT2D eigenvalue weighted by molar-refractivity contribution is 0.259. The maximum Gasteiger partial charge on any atom is 0.0214 e. The fraction of sp³-hybridized carbons (Fsp3) is 1.00. The minimum atomic E-state index is 0.627. The molecule has 1 N–H and O–H groups in total. The van der Waals surface area contributed by atoms with Gasteiger partial charge in [0.1, 0.15) is 0 Å². The first kappa shape index (κ1) is 12.9. The van der Waals surface area contributed by atoms with E-state index >= 15 is 0 Å². The van der Waals surface area contributed by atoms with Crippen molar-refractivity contribution < 1.29 is 0 Å². The number of unbranched alkanes of at least 4 members (excludes halogenated alkanes) is 1. The van der Waals surface area contributed by atoms with Gasteiger partial charge in [-0.25, -0.2) is 0 Å². The fourth-order valence-corrected chi connectivity index (χ4v) is 1.49. The van der Waals surface area contributed by atoms with Crippen LogP contribution in [0.2, 0.25) is 0 Å². The van der Waals surface area contributed by atoms with Gasteiger partial charge in [0.15, 0.2) is 0 Å². The third-order valence-electron chi connectivity index (χ3n) is 2.58. The molecule has 0 aromatic rings. The third kappa shape index (κ3) is 6.05. The van der Waals surface area contributed by atoms with Gasteiger partial charge in [0.2, 0.25) is 0 Å². The summed E-state index contributed by atoms with van der Waals surface area (Å²) in [6, 6.07) is 0.627. The van der Waals surface area contributed by atoms with Gasteiger partial charge in [-0.15, -0.1) is 0 Å². The lowest BCUT2D eigenvalue weighted by Gasteiger charge is -2.26. The SMILES string of the molecule is CCCCN(C)CC(NC)C(C)C. The fourth-order valence-electron chi connectivity index (χ4n) is 1.49. The Hall–Kier alpha value is -0.0800. The van der Waals surface area contributed by atoms with Crippen LogP contribution in [0.3, 0.4) is 0 Å². The minimum absolute atomic E-state index is 0.627. The van der Waals surface area contributed by atoms with E-state index in [1.165, 1.54) is 19.4 Å². The molecular weight excluding hydrogens is 160 g/mol. The Morgan fingerprint density at radius 1 is 1.31 bits per heavy atom. The first-order valence-electron chi connectivity index (χ1n) is 5.47. The lowest BCUT2D eigenvalue weighted by Crippen LogP contribution is -2.41. The molecule has 0 aliphatic rings. The molecule has 0 aliphatic carbocycles. The Morgan fingerprint density at radius 2 is 1.92 bits per heavy atom. The molecule has 1 atom stereocenters.